The normalized spacial score (nSPS) is 12.9. The Morgan fingerprint density at radius 3 is 2.19 bits per heavy atom. The molecule has 9 nitrogen and oxygen atoms in total. The van der Waals surface area contributed by atoms with Crippen LogP contribution in [0.5, 0.6) is 0 Å². The molecular weight excluding hydrogens is 374 g/mol. The maximum Gasteiger partial charge on any atom is 0.309 e. The maximum absolute atomic E-state index is 12.3. The van der Waals surface area contributed by atoms with Gasteiger partial charge in [-0.15, -0.1) is 0 Å². The average molecular weight is 399 g/mol. The number of carboxylic acids is 1. The molecule has 0 radical (unpaired) electrons. The molecule has 1 aromatic rings. The third kappa shape index (κ3) is 6.99. The molecule has 0 aliphatic heterocycles. The van der Waals surface area contributed by atoms with Crippen LogP contribution in [0.3, 0.4) is 0 Å². The molecule has 0 saturated carbocycles. The summed E-state index contributed by atoms with van der Waals surface area (Å²) >= 11 is 0. The van der Waals surface area contributed by atoms with E-state index in [0.29, 0.717) is 5.69 Å². The standard InChI is InChI=1S/C17H25N3O6S/c1-11(15(22)18-10-9-17(3,4)16(23)24)20-27(25,26)14-7-5-13(6-8-14)19-12(2)21/h5-8,11,20H,9-10H2,1-4H3,(H,18,22)(H,19,21)(H,23,24). The van der Waals surface area contributed by atoms with Crippen molar-refractivity contribution >= 4 is 33.5 Å². The Hall–Kier alpha value is -2.46. The molecule has 0 aromatic heterocycles. The molecule has 1 unspecified atom stereocenters. The van der Waals surface area contributed by atoms with Gasteiger partial charge in [-0.05, 0) is 51.5 Å². The highest BCUT2D eigenvalue weighted by Crippen LogP contribution is 2.19. The van der Waals surface area contributed by atoms with Crippen LogP contribution in [-0.2, 0) is 24.4 Å². The lowest BCUT2D eigenvalue weighted by molar-refractivity contribution is -0.147. The fourth-order valence-corrected chi connectivity index (χ4v) is 3.24. The summed E-state index contributed by atoms with van der Waals surface area (Å²) in [6.45, 7) is 5.91. The number of carbonyl (C=O) groups excluding carboxylic acids is 2. The van der Waals surface area contributed by atoms with Crippen LogP contribution in [0, 0.1) is 5.41 Å². The van der Waals surface area contributed by atoms with Crippen molar-refractivity contribution in [1.82, 2.24) is 10.0 Å². The third-order valence-electron chi connectivity index (χ3n) is 3.84. The predicted molar refractivity (Wildman–Crippen MR) is 99.6 cm³/mol. The molecule has 1 atom stereocenters. The van der Waals surface area contributed by atoms with Crippen LogP contribution in [0.4, 0.5) is 5.69 Å². The molecule has 1 rings (SSSR count). The van der Waals surface area contributed by atoms with Crippen molar-refractivity contribution in [2.45, 2.75) is 45.1 Å². The third-order valence-corrected chi connectivity index (χ3v) is 5.40. The van der Waals surface area contributed by atoms with Gasteiger partial charge in [0.25, 0.3) is 0 Å². The number of benzene rings is 1. The highest BCUT2D eigenvalue weighted by molar-refractivity contribution is 7.89. The van der Waals surface area contributed by atoms with Crippen molar-refractivity contribution in [3.8, 4) is 0 Å². The Morgan fingerprint density at radius 2 is 1.70 bits per heavy atom. The predicted octanol–water partition coefficient (Wildman–Crippen LogP) is 0.929. The number of carbonyl (C=O) groups is 3. The van der Waals surface area contributed by atoms with E-state index in [1.54, 1.807) is 0 Å². The molecule has 0 fully saturated rings. The number of hydrogen-bond donors (Lipinski definition) is 4. The van der Waals surface area contributed by atoms with Crippen molar-refractivity contribution in [2.75, 3.05) is 11.9 Å². The van der Waals surface area contributed by atoms with Gasteiger partial charge < -0.3 is 15.7 Å². The molecule has 0 spiro atoms. The van der Waals surface area contributed by atoms with Crippen molar-refractivity contribution in [1.29, 1.82) is 0 Å². The first-order valence-corrected chi connectivity index (χ1v) is 9.74. The van der Waals surface area contributed by atoms with Crippen LogP contribution in [-0.4, -0.2) is 43.9 Å². The first kappa shape index (κ1) is 22.6. The van der Waals surface area contributed by atoms with E-state index in [0.717, 1.165) is 0 Å². The molecule has 10 heteroatoms. The smallest absolute Gasteiger partial charge is 0.309 e. The Morgan fingerprint density at radius 1 is 1.15 bits per heavy atom. The first-order chi connectivity index (χ1) is 12.3. The summed E-state index contributed by atoms with van der Waals surface area (Å²) < 4.78 is 27.0. The zero-order valence-electron chi connectivity index (χ0n) is 15.7. The fraction of sp³-hybridized carbons (Fsp3) is 0.471. The Labute approximate surface area is 158 Å². The van der Waals surface area contributed by atoms with Gasteiger partial charge in [-0.25, -0.2) is 8.42 Å². The lowest BCUT2D eigenvalue weighted by Gasteiger charge is -2.20. The summed E-state index contributed by atoms with van der Waals surface area (Å²) in [6.07, 6.45) is 0.207. The van der Waals surface area contributed by atoms with Crippen molar-refractivity contribution in [3.05, 3.63) is 24.3 Å². The monoisotopic (exact) mass is 399 g/mol. The lowest BCUT2D eigenvalue weighted by Crippen LogP contribution is -2.45. The zero-order chi connectivity index (χ0) is 20.8. The largest absolute Gasteiger partial charge is 0.481 e. The number of hydrogen-bond acceptors (Lipinski definition) is 5. The van der Waals surface area contributed by atoms with E-state index >= 15 is 0 Å². The second-order valence-electron chi connectivity index (χ2n) is 6.78. The highest BCUT2D eigenvalue weighted by Gasteiger charge is 2.27. The minimum atomic E-state index is -3.93. The number of nitrogens with one attached hydrogen (secondary N) is 3. The van der Waals surface area contributed by atoms with E-state index in [1.165, 1.54) is 52.0 Å². The minimum Gasteiger partial charge on any atom is -0.481 e. The number of rotatable bonds is 9. The summed E-state index contributed by atoms with van der Waals surface area (Å²) in [4.78, 5) is 34.0. The van der Waals surface area contributed by atoms with Gasteiger partial charge in [0.1, 0.15) is 0 Å². The zero-order valence-corrected chi connectivity index (χ0v) is 16.5. The van der Waals surface area contributed by atoms with E-state index in [2.05, 4.69) is 15.4 Å². The van der Waals surface area contributed by atoms with E-state index in [9.17, 15) is 22.8 Å². The topological polar surface area (TPSA) is 142 Å². The molecule has 1 aromatic carbocycles. The van der Waals surface area contributed by atoms with Gasteiger partial charge in [0.15, 0.2) is 0 Å². The number of amides is 2. The van der Waals surface area contributed by atoms with Crippen LogP contribution in [0.1, 0.15) is 34.1 Å². The van der Waals surface area contributed by atoms with Gasteiger partial charge >= 0.3 is 5.97 Å². The van der Waals surface area contributed by atoms with Gasteiger partial charge in [0.05, 0.1) is 16.4 Å². The molecule has 0 aliphatic rings. The Kier molecular flexibility index (Phi) is 7.49. The van der Waals surface area contributed by atoms with Gasteiger partial charge in [-0.1, -0.05) is 0 Å². The molecule has 0 saturated heterocycles. The molecule has 27 heavy (non-hydrogen) atoms. The quantitative estimate of drug-likeness (QED) is 0.487. The van der Waals surface area contributed by atoms with Crippen LogP contribution >= 0.6 is 0 Å². The SMILES string of the molecule is CC(=O)Nc1ccc(S(=O)(=O)NC(C)C(=O)NCCC(C)(C)C(=O)O)cc1. The summed E-state index contributed by atoms with van der Waals surface area (Å²) in [6, 6.07) is 4.46. The molecule has 4 N–H and O–H groups in total. The Balaban J connectivity index is 2.66. The number of aliphatic carboxylic acids is 1. The van der Waals surface area contributed by atoms with Gasteiger partial charge in [0, 0.05) is 19.2 Å². The summed E-state index contributed by atoms with van der Waals surface area (Å²) in [5, 5.41) is 14.1. The molecule has 0 bridgehead atoms. The van der Waals surface area contributed by atoms with E-state index in [4.69, 9.17) is 5.11 Å². The van der Waals surface area contributed by atoms with Crippen LogP contribution in [0.25, 0.3) is 0 Å². The summed E-state index contributed by atoms with van der Waals surface area (Å²) in [5.74, 6) is -1.82. The first-order valence-electron chi connectivity index (χ1n) is 8.26. The van der Waals surface area contributed by atoms with Crippen LogP contribution in [0.15, 0.2) is 29.2 Å². The van der Waals surface area contributed by atoms with Gasteiger partial charge in [-0.3, -0.25) is 14.4 Å². The number of carboxylic acid groups (broad SMARTS) is 1. The van der Waals surface area contributed by atoms with E-state index < -0.39 is 33.4 Å². The number of anilines is 1. The molecule has 2 amide bonds. The Bertz CT molecular complexity index is 802. The average Bonchev–Trinajstić information content (AvgIpc) is 2.53. The molecule has 150 valence electrons. The van der Waals surface area contributed by atoms with Crippen molar-refractivity contribution in [2.24, 2.45) is 5.41 Å². The maximum atomic E-state index is 12.3. The van der Waals surface area contributed by atoms with Crippen molar-refractivity contribution in [3.63, 3.8) is 0 Å². The molecule has 0 aliphatic carbocycles. The summed E-state index contributed by atoms with van der Waals surface area (Å²) in [5.41, 5.74) is -0.542. The number of sulfonamides is 1. The second-order valence-corrected chi connectivity index (χ2v) is 8.49. The molecular formula is C17H25N3O6S. The van der Waals surface area contributed by atoms with Gasteiger partial charge in [-0.2, -0.15) is 4.72 Å². The van der Waals surface area contributed by atoms with Gasteiger partial charge in [0.2, 0.25) is 21.8 Å². The van der Waals surface area contributed by atoms with E-state index in [-0.39, 0.29) is 23.8 Å². The minimum absolute atomic E-state index is 0.0525. The van der Waals surface area contributed by atoms with E-state index in [1.807, 2.05) is 0 Å². The van der Waals surface area contributed by atoms with Crippen LogP contribution < -0.4 is 15.4 Å². The fourth-order valence-electron chi connectivity index (χ4n) is 2.03. The van der Waals surface area contributed by atoms with Crippen molar-refractivity contribution < 1.29 is 27.9 Å². The summed E-state index contributed by atoms with van der Waals surface area (Å²) in [7, 11) is -3.93. The second kappa shape index (κ2) is 8.96. The lowest BCUT2D eigenvalue weighted by atomic mass is 9.90. The molecule has 0 heterocycles. The van der Waals surface area contributed by atoms with Crippen LogP contribution in [0.2, 0.25) is 0 Å². The highest BCUT2D eigenvalue weighted by atomic mass is 32.2.